The molecule has 0 saturated heterocycles. The van der Waals surface area contributed by atoms with Crippen molar-refractivity contribution in [2.75, 3.05) is 0 Å². The van der Waals surface area contributed by atoms with Gasteiger partial charge in [-0.25, -0.2) is 8.78 Å². The summed E-state index contributed by atoms with van der Waals surface area (Å²) in [5.41, 5.74) is 0.0722. The molecule has 1 atom stereocenters. The van der Waals surface area contributed by atoms with Gasteiger partial charge in [-0.1, -0.05) is 15.9 Å². The summed E-state index contributed by atoms with van der Waals surface area (Å²) in [5.74, 6) is -1.55. The molecule has 0 spiro atoms. The van der Waals surface area contributed by atoms with Crippen LogP contribution in [0.25, 0.3) is 0 Å². The van der Waals surface area contributed by atoms with Crippen LogP contribution in [-0.4, -0.2) is 10.1 Å². The summed E-state index contributed by atoms with van der Waals surface area (Å²) in [4.78, 5) is 2.72. The van der Waals surface area contributed by atoms with Crippen LogP contribution in [0.2, 0.25) is 0 Å². The van der Waals surface area contributed by atoms with Crippen molar-refractivity contribution in [2.45, 2.75) is 6.10 Å². The first-order chi connectivity index (χ1) is 7.59. The highest BCUT2D eigenvalue weighted by Crippen LogP contribution is 2.28. The van der Waals surface area contributed by atoms with Gasteiger partial charge in [0.2, 0.25) is 0 Å². The Morgan fingerprint density at radius 1 is 1.25 bits per heavy atom. The maximum atomic E-state index is 13.5. The van der Waals surface area contributed by atoms with E-state index >= 15 is 0 Å². The van der Waals surface area contributed by atoms with Gasteiger partial charge in [0.15, 0.2) is 0 Å². The van der Waals surface area contributed by atoms with Gasteiger partial charge in [0, 0.05) is 22.4 Å². The van der Waals surface area contributed by atoms with E-state index in [1.807, 2.05) is 0 Å². The Balaban J connectivity index is 2.48. The Labute approximate surface area is 99.1 Å². The van der Waals surface area contributed by atoms with Gasteiger partial charge in [-0.05, 0) is 18.2 Å². The molecule has 5 heteroatoms. The summed E-state index contributed by atoms with van der Waals surface area (Å²) in [6.07, 6.45) is 1.76. The maximum absolute atomic E-state index is 13.5. The first-order valence-corrected chi connectivity index (χ1v) is 5.34. The molecule has 0 radical (unpaired) electrons. The lowest BCUT2D eigenvalue weighted by Crippen LogP contribution is -2.05. The first kappa shape index (κ1) is 11.3. The highest BCUT2D eigenvalue weighted by molar-refractivity contribution is 9.10. The molecule has 2 N–H and O–H groups in total. The summed E-state index contributed by atoms with van der Waals surface area (Å²) in [7, 11) is 0. The number of aliphatic hydroxyl groups is 1. The summed E-state index contributed by atoms with van der Waals surface area (Å²) >= 11 is 2.98. The van der Waals surface area contributed by atoms with E-state index in [4.69, 9.17) is 0 Å². The highest BCUT2D eigenvalue weighted by Gasteiger charge is 2.20. The normalized spacial score (nSPS) is 12.8. The number of aromatic amines is 1. The number of aliphatic hydroxyl groups excluding tert-OH is 1. The minimum absolute atomic E-state index is 0.299. The Hall–Kier alpha value is -1.20. The van der Waals surface area contributed by atoms with E-state index in [1.54, 1.807) is 12.3 Å². The summed E-state index contributed by atoms with van der Waals surface area (Å²) in [5, 5.41) is 9.82. The smallest absolute Gasteiger partial charge is 0.133 e. The van der Waals surface area contributed by atoms with Crippen LogP contribution in [0.3, 0.4) is 0 Å². The molecule has 0 saturated carbocycles. The Kier molecular flexibility index (Phi) is 3.07. The molecule has 0 bridgehead atoms. The molecule has 0 amide bonds. The average molecular weight is 288 g/mol. The van der Waals surface area contributed by atoms with Crippen LogP contribution in [0, 0.1) is 11.6 Å². The van der Waals surface area contributed by atoms with Gasteiger partial charge >= 0.3 is 0 Å². The van der Waals surface area contributed by atoms with E-state index in [0.717, 1.165) is 12.1 Å². The van der Waals surface area contributed by atoms with E-state index in [9.17, 15) is 13.9 Å². The number of hydrogen-bond acceptors (Lipinski definition) is 1. The van der Waals surface area contributed by atoms with E-state index in [1.165, 1.54) is 6.20 Å². The predicted octanol–water partition coefficient (Wildman–Crippen LogP) is 3.14. The Morgan fingerprint density at radius 2 is 1.88 bits per heavy atom. The molecule has 1 aromatic carbocycles. The van der Waals surface area contributed by atoms with Crippen molar-refractivity contribution in [3.63, 3.8) is 0 Å². The predicted molar refractivity (Wildman–Crippen MR) is 58.9 cm³/mol. The molecule has 1 unspecified atom stereocenters. The summed E-state index contributed by atoms with van der Waals surface area (Å²) < 4.78 is 27.3. The zero-order chi connectivity index (χ0) is 11.7. The van der Waals surface area contributed by atoms with Gasteiger partial charge < -0.3 is 10.1 Å². The van der Waals surface area contributed by atoms with Crippen molar-refractivity contribution >= 4 is 15.9 Å². The fourth-order valence-corrected chi connectivity index (χ4v) is 1.89. The van der Waals surface area contributed by atoms with Gasteiger partial charge in [0.05, 0.1) is 5.56 Å². The molecule has 2 aromatic rings. The molecular formula is C11H8BrF2NO. The lowest BCUT2D eigenvalue weighted by atomic mass is 10.0. The SMILES string of the molecule is OC(c1cc[nH]c1)c1c(F)cc(Br)cc1F. The minimum Gasteiger partial charge on any atom is -0.383 e. The molecule has 0 aliphatic heterocycles. The number of halogens is 3. The van der Waals surface area contributed by atoms with Crippen molar-refractivity contribution in [1.29, 1.82) is 0 Å². The topological polar surface area (TPSA) is 36.0 Å². The lowest BCUT2D eigenvalue weighted by molar-refractivity contribution is 0.209. The maximum Gasteiger partial charge on any atom is 0.133 e. The second-order valence-electron chi connectivity index (χ2n) is 3.33. The van der Waals surface area contributed by atoms with Crippen LogP contribution in [0.5, 0.6) is 0 Å². The van der Waals surface area contributed by atoms with Gasteiger partial charge in [-0.2, -0.15) is 0 Å². The zero-order valence-corrected chi connectivity index (χ0v) is 9.63. The standard InChI is InChI=1S/C11H8BrF2NO/c12-7-3-8(13)10(9(14)4-7)11(16)6-1-2-15-5-6/h1-5,11,15-16H. The number of aromatic nitrogens is 1. The molecule has 16 heavy (non-hydrogen) atoms. The van der Waals surface area contributed by atoms with Crippen molar-refractivity contribution in [3.05, 3.63) is 57.8 Å². The van der Waals surface area contributed by atoms with Crippen LogP contribution in [-0.2, 0) is 0 Å². The van der Waals surface area contributed by atoms with E-state index in [-0.39, 0.29) is 5.56 Å². The van der Waals surface area contributed by atoms with Crippen LogP contribution < -0.4 is 0 Å². The second-order valence-corrected chi connectivity index (χ2v) is 4.25. The van der Waals surface area contributed by atoms with Gasteiger partial charge in [0.1, 0.15) is 17.7 Å². The monoisotopic (exact) mass is 287 g/mol. The summed E-state index contributed by atoms with van der Waals surface area (Å²) in [6, 6.07) is 3.80. The number of hydrogen-bond donors (Lipinski definition) is 2. The number of nitrogens with one attached hydrogen (secondary N) is 1. The number of rotatable bonds is 2. The zero-order valence-electron chi connectivity index (χ0n) is 8.05. The lowest BCUT2D eigenvalue weighted by Gasteiger charge is -2.11. The fourth-order valence-electron chi connectivity index (χ4n) is 1.49. The van der Waals surface area contributed by atoms with Crippen LogP contribution in [0.4, 0.5) is 8.78 Å². The van der Waals surface area contributed by atoms with Gasteiger partial charge in [-0.15, -0.1) is 0 Å². The highest BCUT2D eigenvalue weighted by atomic mass is 79.9. The Morgan fingerprint density at radius 3 is 2.38 bits per heavy atom. The van der Waals surface area contributed by atoms with Crippen LogP contribution in [0.15, 0.2) is 35.1 Å². The van der Waals surface area contributed by atoms with Gasteiger partial charge in [0.25, 0.3) is 0 Å². The van der Waals surface area contributed by atoms with E-state index in [2.05, 4.69) is 20.9 Å². The molecule has 2 rings (SSSR count). The molecule has 0 aliphatic rings. The quantitative estimate of drug-likeness (QED) is 0.875. The van der Waals surface area contributed by atoms with Crippen molar-refractivity contribution < 1.29 is 13.9 Å². The molecule has 84 valence electrons. The van der Waals surface area contributed by atoms with Crippen molar-refractivity contribution in [3.8, 4) is 0 Å². The molecule has 0 fully saturated rings. The third kappa shape index (κ3) is 2.01. The molecule has 2 nitrogen and oxygen atoms in total. The third-order valence-electron chi connectivity index (χ3n) is 2.26. The fraction of sp³-hybridized carbons (Fsp3) is 0.0909. The van der Waals surface area contributed by atoms with Crippen molar-refractivity contribution in [1.82, 2.24) is 4.98 Å². The first-order valence-electron chi connectivity index (χ1n) is 4.55. The van der Waals surface area contributed by atoms with Crippen molar-refractivity contribution in [2.24, 2.45) is 0 Å². The molecule has 1 heterocycles. The Bertz CT molecular complexity index is 476. The second kappa shape index (κ2) is 4.35. The summed E-state index contributed by atoms with van der Waals surface area (Å²) in [6.45, 7) is 0. The van der Waals surface area contributed by atoms with Crippen LogP contribution in [0.1, 0.15) is 17.2 Å². The molecular weight excluding hydrogens is 280 g/mol. The van der Waals surface area contributed by atoms with Crippen LogP contribution >= 0.6 is 15.9 Å². The number of benzene rings is 1. The van der Waals surface area contributed by atoms with Gasteiger partial charge in [-0.3, -0.25) is 0 Å². The van der Waals surface area contributed by atoms with E-state index in [0.29, 0.717) is 10.0 Å². The molecule has 1 aromatic heterocycles. The van der Waals surface area contributed by atoms with E-state index < -0.39 is 17.7 Å². The largest absolute Gasteiger partial charge is 0.383 e. The minimum atomic E-state index is -1.31. The number of H-pyrrole nitrogens is 1. The molecule has 0 aliphatic carbocycles. The third-order valence-corrected chi connectivity index (χ3v) is 2.71. The average Bonchev–Trinajstić information content (AvgIpc) is 2.67.